The summed E-state index contributed by atoms with van der Waals surface area (Å²) in [7, 11) is 0. The zero-order valence-corrected chi connectivity index (χ0v) is 23.7. The van der Waals surface area contributed by atoms with Gasteiger partial charge in [0.05, 0.1) is 5.75 Å². The van der Waals surface area contributed by atoms with Crippen LogP contribution in [0.25, 0.3) is 0 Å². The molecule has 3 rings (SSSR count). The van der Waals surface area contributed by atoms with Gasteiger partial charge < -0.3 is 10.2 Å². The van der Waals surface area contributed by atoms with Gasteiger partial charge in [0, 0.05) is 30.3 Å². The highest BCUT2D eigenvalue weighted by atomic mass is 35.5. The van der Waals surface area contributed by atoms with E-state index >= 15 is 0 Å². The number of carbonyl (C=O) groups is 2. The van der Waals surface area contributed by atoms with E-state index in [1.807, 2.05) is 54.6 Å². The molecule has 0 aliphatic carbocycles. The molecule has 0 radical (unpaired) electrons. The molecule has 3 aromatic carbocycles. The summed E-state index contributed by atoms with van der Waals surface area (Å²) in [4.78, 5) is 28.9. The lowest BCUT2D eigenvalue weighted by Gasteiger charge is -2.32. The van der Waals surface area contributed by atoms with Crippen LogP contribution in [0.1, 0.15) is 41.7 Å². The molecule has 4 nitrogen and oxygen atoms in total. The fourth-order valence-corrected chi connectivity index (χ4v) is 5.32. The number of halogens is 1. The second kappa shape index (κ2) is 14.3. The first-order chi connectivity index (χ1) is 17.7. The number of benzene rings is 3. The molecule has 0 saturated carbocycles. The maximum atomic E-state index is 13.7. The molecule has 0 aliphatic heterocycles. The molecule has 196 valence electrons. The molecule has 1 unspecified atom stereocenters. The highest BCUT2D eigenvalue weighted by Gasteiger charge is 2.30. The Morgan fingerprint density at radius 3 is 2.22 bits per heavy atom. The van der Waals surface area contributed by atoms with Crippen LogP contribution in [0.4, 0.5) is 0 Å². The SMILES string of the molecule is Cc1cc(C)cc(CSCC(=O)N(Cc2ccccc2Cl)C(Cc2ccccc2)C(=O)NCC(C)C)c1. The van der Waals surface area contributed by atoms with E-state index in [2.05, 4.69) is 51.2 Å². The molecule has 0 fully saturated rings. The Morgan fingerprint density at radius 2 is 1.57 bits per heavy atom. The molecule has 1 atom stereocenters. The van der Waals surface area contributed by atoms with Crippen LogP contribution in [0.5, 0.6) is 0 Å². The van der Waals surface area contributed by atoms with Crippen molar-refractivity contribution >= 4 is 35.2 Å². The van der Waals surface area contributed by atoms with Crippen molar-refractivity contribution in [2.75, 3.05) is 12.3 Å². The number of nitrogens with zero attached hydrogens (tertiary/aromatic N) is 1. The topological polar surface area (TPSA) is 49.4 Å². The van der Waals surface area contributed by atoms with E-state index < -0.39 is 6.04 Å². The quantitative estimate of drug-likeness (QED) is 0.283. The Balaban J connectivity index is 1.86. The average molecular weight is 537 g/mol. The number of hydrogen-bond acceptors (Lipinski definition) is 3. The van der Waals surface area contributed by atoms with E-state index in [9.17, 15) is 9.59 Å². The summed E-state index contributed by atoms with van der Waals surface area (Å²) in [5.74, 6) is 1.10. The van der Waals surface area contributed by atoms with E-state index in [1.54, 1.807) is 16.7 Å². The Bertz CT molecular complexity index is 1160. The van der Waals surface area contributed by atoms with Gasteiger partial charge in [0.2, 0.25) is 11.8 Å². The van der Waals surface area contributed by atoms with Crippen LogP contribution in [-0.2, 0) is 28.3 Å². The standard InChI is InChI=1S/C31H37ClN2O2S/c1-22(2)18-33-31(36)29(17-25-10-6-5-7-11-25)34(19-27-12-8-9-13-28(27)32)30(35)21-37-20-26-15-23(3)14-24(4)16-26/h5-16,22,29H,17-21H2,1-4H3,(H,33,36). The predicted molar refractivity (Wildman–Crippen MR) is 156 cm³/mol. The number of rotatable bonds is 12. The number of carbonyl (C=O) groups excluding carboxylic acids is 2. The van der Waals surface area contributed by atoms with Crippen LogP contribution < -0.4 is 5.32 Å². The third-order valence-electron chi connectivity index (χ3n) is 6.03. The monoisotopic (exact) mass is 536 g/mol. The smallest absolute Gasteiger partial charge is 0.243 e. The largest absolute Gasteiger partial charge is 0.354 e. The zero-order valence-electron chi connectivity index (χ0n) is 22.2. The van der Waals surface area contributed by atoms with Crippen LogP contribution in [0.2, 0.25) is 5.02 Å². The molecular weight excluding hydrogens is 500 g/mol. The highest BCUT2D eigenvalue weighted by Crippen LogP contribution is 2.22. The first-order valence-electron chi connectivity index (χ1n) is 12.7. The number of nitrogens with one attached hydrogen (secondary N) is 1. The molecule has 0 aliphatic rings. The fourth-order valence-electron chi connectivity index (χ4n) is 4.28. The normalized spacial score (nSPS) is 11.8. The van der Waals surface area contributed by atoms with Crippen molar-refractivity contribution in [1.82, 2.24) is 10.2 Å². The molecule has 2 amide bonds. The minimum atomic E-state index is -0.647. The summed E-state index contributed by atoms with van der Waals surface area (Å²) >= 11 is 8.06. The van der Waals surface area contributed by atoms with Gasteiger partial charge in [-0.1, -0.05) is 103 Å². The Morgan fingerprint density at radius 1 is 0.919 bits per heavy atom. The maximum Gasteiger partial charge on any atom is 0.243 e. The average Bonchev–Trinajstić information content (AvgIpc) is 2.85. The highest BCUT2D eigenvalue weighted by molar-refractivity contribution is 7.99. The van der Waals surface area contributed by atoms with Gasteiger partial charge in [-0.3, -0.25) is 9.59 Å². The lowest BCUT2D eigenvalue weighted by Crippen LogP contribution is -2.51. The van der Waals surface area contributed by atoms with Crippen LogP contribution >= 0.6 is 23.4 Å². The molecule has 0 aromatic heterocycles. The summed E-state index contributed by atoms with van der Waals surface area (Å²) < 4.78 is 0. The summed E-state index contributed by atoms with van der Waals surface area (Å²) in [6, 6.07) is 23.2. The lowest BCUT2D eigenvalue weighted by atomic mass is 10.0. The number of hydrogen-bond donors (Lipinski definition) is 1. The molecule has 0 saturated heterocycles. The summed E-state index contributed by atoms with van der Waals surface area (Å²) in [5.41, 5.74) is 5.46. The van der Waals surface area contributed by atoms with Gasteiger partial charge in [-0.15, -0.1) is 11.8 Å². The van der Waals surface area contributed by atoms with Crippen molar-refractivity contribution in [3.8, 4) is 0 Å². The van der Waals surface area contributed by atoms with Crippen LogP contribution in [0.15, 0.2) is 72.8 Å². The first kappa shape index (κ1) is 28.8. The van der Waals surface area contributed by atoms with Crippen molar-refractivity contribution in [2.45, 2.75) is 52.5 Å². The molecule has 0 heterocycles. The number of amides is 2. The van der Waals surface area contributed by atoms with Crippen molar-refractivity contribution < 1.29 is 9.59 Å². The predicted octanol–water partition coefficient (Wildman–Crippen LogP) is 6.60. The van der Waals surface area contributed by atoms with Gasteiger partial charge in [0.25, 0.3) is 0 Å². The van der Waals surface area contributed by atoms with Gasteiger partial charge in [-0.2, -0.15) is 0 Å². The van der Waals surface area contributed by atoms with Crippen LogP contribution in [0, 0.1) is 19.8 Å². The number of aryl methyl sites for hydroxylation is 2. The minimum Gasteiger partial charge on any atom is -0.354 e. The Hall–Kier alpha value is -2.76. The molecule has 37 heavy (non-hydrogen) atoms. The van der Waals surface area contributed by atoms with Gasteiger partial charge in [-0.05, 0) is 42.5 Å². The van der Waals surface area contributed by atoms with E-state index in [1.165, 1.54) is 16.7 Å². The minimum absolute atomic E-state index is 0.0741. The van der Waals surface area contributed by atoms with E-state index in [-0.39, 0.29) is 24.1 Å². The molecule has 6 heteroatoms. The first-order valence-corrected chi connectivity index (χ1v) is 14.3. The second-order valence-electron chi connectivity index (χ2n) is 9.95. The molecule has 0 spiro atoms. The summed E-state index contributed by atoms with van der Waals surface area (Å²) in [6.07, 6.45) is 0.433. The molecular formula is C31H37ClN2O2S. The van der Waals surface area contributed by atoms with Crippen LogP contribution in [-0.4, -0.2) is 35.1 Å². The van der Waals surface area contributed by atoms with Gasteiger partial charge in [-0.25, -0.2) is 0 Å². The van der Waals surface area contributed by atoms with Crippen molar-refractivity contribution in [1.29, 1.82) is 0 Å². The second-order valence-corrected chi connectivity index (χ2v) is 11.3. The summed E-state index contributed by atoms with van der Waals surface area (Å²) in [5, 5.41) is 3.65. The fraction of sp³-hybridized carbons (Fsp3) is 0.355. The molecule has 1 N–H and O–H groups in total. The Kier molecular flexibility index (Phi) is 11.1. The van der Waals surface area contributed by atoms with E-state index in [0.29, 0.717) is 23.9 Å². The zero-order chi connectivity index (χ0) is 26.8. The maximum absolute atomic E-state index is 13.7. The molecule has 0 bridgehead atoms. The van der Waals surface area contributed by atoms with E-state index in [4.69, 9.17) is 11.6 Å². The van der Waals surface area contributed by atoms with Gasteiger partial charge in [0.15, 0.2) is 0 Å². The summed E-state index contributed by atoms with van der Waals surface area (Å²) in [6.45, 7) is 9.11. The van der Waals surface area contributed by atoms with Gasteiger partial charge in [0.1, 0.15) is 6.04 Å². The lowest BCUT2D eigenvalue weighted by molar-refractivity contribution is -0.139. The third-order valence-corrected chi connectivity index (χ3v) is 7.39. The molecule has 3 aromatic rings. The van der Waals surface area contributed by atoms with Gasteiger partial charge >= 0.3 is 0 Å². The van der Waals surface area contributed by atoms with Crippen molar-refractivity contribution in [3.05, 3.63) is 106 Å². The van der Waals surface area contributed by atoms with Crippen molar-refractivity contribution in [2.24, 2.45) is 5.92 Å². The van der Waals surface area contributed by atoms with Crippen molar-refractivity contribution in [3.63, 3.8) is 0 Å². The van der Waals surface area contributed by atoms with E-state index in [0.717, 1.165) is 16.9 Å². The Labute approximate surface area is 230 Å². The third kappa shape index (κ3) is 9.24. The van der Waals surface area contributed by atoms with Crippen LogP contribution in [0.3, 0.4) is 0 Å². The number of thioether (sulfide) groups is 1.